The number of thioether (sulfide) groups is 1. The number of hydrogen-bond donors (Lipinski definition) is 1. The molecule has 25 heavy (non-hydrogen) atoms. The number of nitrogens with one attached hydrogen (secondary N) is 1. The van der Waals surface area contributed by atoms with Gasteiger partial charge in [0, 0.05) is 28.7 Å². The molecule has 0 saturated carbocycles. The molecule has 0 spiro atoms. The van der Waals surface area contributed by atoms with Crippen molar-refractivity contribution in [2.75, 3.05) is 12.3 Å². The minimum Gasteiger partial charge on any atom is -0.460 e. The van der Waals surface area contributed by atoms with Crippen molar-refractivity contribution in [1.82, 2.24) is 15.3 Å². The van der Waals surface area contributed by atoms with Crippen LogP contribution in [0.3, 0.4) is 0 Å². The van der Waals surface area contributed by atoms with E-state index in [0.29, 0.717) is 0 Å². The van der Waals surface area contributed by atoms with Crippen LogP contribution in [0.1, 0.15) is 12.2 Å². The van der Waals surface area contributed by atoms with Crippen molar-refractivity contribution in [3.63, 3.8) is 0 Å². The van der Waals surface area contributed by atoms with Crippen LogP contribution in [0.15, 0.2) is 64.4 Å². The van der Waals surface area contributed by atoms with E-state index in [1.807, 2.05) is 42.5 Å². The SMILES string of the molecule is Cl.Clc1ccc(-c2ccc(CNCCCSc3ncccn3)o2)cc1. The summed E-state index contributed by atoms with van der Waals surface area (Å²) in [4.78, 5) is 8.38. The molecule has 0 radical (unpaired) electrons. The molecule has 2 heterocycles. The average Bonchev–Trinajstić information content (AvgIpc) is 3.08. The fourth-order valence-corrected chi connectivity index (χ4v) is 3.04. The number of furan rings is 1. The first-order chi connectivity index (χ1) is 11.8. The Hall–Kier alpha value is -1.53. The molecule has 0 atom stereocenters. The van der Waals surface area contributed by atoms with E-state index >= 15 is 0 Å². The summed E-state index contributed by atoms with van der Waals surface area (Å²) in [6.45, 7) is 1.65. The molecule has 0 amide bonds. The Morgan fingerprint density at radius 1 is 1.04 bits per heavy atom. The highest BCUT2D eigenvalue weighted by Gasteiger charge is 2.04. The summed E-state index contributed by atoms with van der Waals surface area (Å²) in [5.41, 5.74) is 1.03. The molecule has 0 saturated heterocycles. The van der Waals surface area contributed by atoms with Crippen molar-refractivity contribution >= 4 is 35.8 Å². The summed E-state index contributed by atoms with van der Waals surface area (Å²) in [6, 6.07) is 13.5. The molecule has 7 heteroatoms. The van der Waals surface area contributed by atoms with E-state index in [-0.39, 0.29) is 12.4 Å². The fraction of sp³-hybridized carbons (Fsp3) is 0.222. The van der Waals surface area contributed by atoms with Crippen LogP contribution in [0.2, 0.25) is 5.02 Å². The highest BCUT2D eigenvalue weighted by Crippen LogP contribution is 2.23. The molecule has 3 rings (SSSR count). The summed E-state index contributed by atoms with van der Waals surface area (Å²) in [5.74, 6) is 2.78. The van der Waals surface area contributed by atoms with Crippen LogP contribution in [-0.2, 0) is 6.54 Å². The third kappa shape index (κ3) is 6.36. The number of hydrogen-bond acceptors (Lipinski definition) is 5. The number of nitrogens with zero attached hydrogens (tertiary/aromatic N) is 2. The molecule has 0 aliphatic heterocycles. The monoisotopic (exact) mass is 395 g/mol. The molecule has 2 aromatic heterocycles. The Balaban J connectivity index is 0.00000225. The van der Waals surface area contributed by atoms with E-state index in [2.05, 4.69) is 15.3 Å². The smallest absolute Gasteiger partial charge is 0.187 e. The molecule has 0 unspecified atom stereocenters. The molecular formula is C18H19Cl2N3OS. The van der Waals surface area contributed by atoms with Gasteiger partial charge in [0.05, 0.1) is 6.54 Å². The maximum atomic E-state index is 5.90. The number of halogens is 2. The lowest BCUT2D eigenvalue weighted by molar-refractivity contribution is 0.494. The van der Waals surface area contributed by atoms with Crippen molar-refractivity contribution in [3.05, 3.63) is 65.6 Å². The second-order valence-corrected chi connectivity index (χ2v) is 6.68. The van der Waals surface area contributed by atoms with Crippen LogP contribution in [0.4, 0.5) is 0 Å². The first kappa shape index (κ1) is 19.8. The Labute approximate surface area is 162 Å². The van der Waals surface area contributed by atoms with Crippen LogP contribution in [0.5, 0.6) is 0 Å². The number of aromatic nitrogens is 2. The van der Waals surface area contributed by atoms with Gasteiger partial charge in [-0.05, 0) is 55.4 Å². The highest BCUT2D eigenvalue weighted by molar-refractivity contribution is 7.99. The van der Waals surface area contributed by atoms with Crippen molar-refractivity contribution in [3.8, 4) is 11.3 Å². The van der Waals surface area contributed by atoms with Gasteiger partial charge in [-0.15, -0.1) is 12.4 Å². The van der Waals surface area contributed by atoms with E-state index < -0.39 is 0 Å². The lowest BCUT2D eigenvalue weighted by atomic mass is 10.2. The molecule has 1 aromatic carbocycles. The van der Waals surface area contributed by atoms with E-state index in [4.69, 9.17) is 16.0 Å². The third-order valence-electron chi connectivity index (χ3n) is 3.36. The van der Waals surface area contributed by atoms with E-state index in [1.54, 1.807) is 24.2 Å². The first-order valence-corrected chi connectivity index (χ1v) is 9.13. The zero-order valence-corrected chi connectivity index (χ0v) is 15.9. The molecule has 0 fully saturated rings. The van der Waals surface area contributed by atoms with Crippen LogP contribution >= 0.6 is 35.8 Å². The largest absolute Gasteiger partial charge is 0.460 e. The quantitative estimate of drug-likeness (QED) is 0.327. The lowest BCUT2D eigenvalue weighted by Gasteiger charge is -2.03. The lowest BCUT2D eigenvalue weighted by Crippen LogP contribution is -2.14. The van der Waals surface area contributed by atoms with Crippen LogP contribution in [0, 0.1) is 0 Å². The van der Waals surface area contributed by atoms with E-state index in [9.17, 15) is 0 Å². The molecule has 1 N–H and O–H groups in total. The van der Waals surface area contributed by atoms with Gasteiger partial charge in [0.15, 0.2) is 5.16 Å². The van der Waals surface area contributed by atoms with Gasteiger partial charge in [0.1, 0.15) is 11.5 Å². The minimum absolute atomic E-state index is 0. The summed E-state index contributed by atoms with van der Waals surface area (Å²) in [6.07, 6.45) is 4.58. The van der Waals surface area contributed by atoms with Crippen molar-refractivity contribution in [2.45, 2.75) is 18.1 Å². The zero-order chi connectivity index (χ0) is 16.6. The molecule has 0 aliphatic rings. The second-order valence-electron chi connectivity index (χ2n) is 5.18. The van der Waals surface area contributed by atoms with Gasteiger partial charge < -0.3 is 9.73 Å². The van der Waals surface area contributed by atoms with E-state index in [1.165, 1.54) is 0 Å². The molecular weight excluding hydrogens is 377 g/mol. The Bertz CT molecular complexity index is 751. The second kappa shape index (κ2) is 10.5. The van der Waals surface area contributed by atoms with Gasteiger partial charge in [-0.1, -0.05) is 23.4 Å². The third-order valence-corrected chi connectivity index (χ3v) is 4.57. The number of benzene rings is 1. The maximum Gasteiger partial charge on any atom is 0.187 e. The predicted octanol–water partition coefficient (Wildman–Crippen LogP) is 5.08. The topological polar surface area (TPSA) is 51.0 Å². The fourth-order valence-electron chi connectivity index (χ4n) is 2.17. The Kier molecular flexibility index (Phi) is 8.28. The molecule has 132 valence electrons. The number of rotatable bonds is 8. The van der Waals surface area contributed by atoms with Gasteiger partial charge in [0.2, 0.25) is 0 Å². The van der Waals surface area contributed by atoms with Gasteiger partial charge in [-0.3, -0.25) is 0 Å². The maximum absolute atomic E-state index is 5.90. The summed E-state index contributed by atoms with van der Waals surface area (Å²) in [5, 5.41) is 4.95. The van der Waals surface area contributed by atoms with Crippen molar-refractivity contribution in [2.24, 2.45) is 0 Å². The predicted molar refractivity (Wildman–Crippen MR) is 105 cm³/mol. The van der Waals surface area contributed by atoms with Crippen LogP contribution < -0.4 is 5.32 Å². The Morgan fingerprint density at radius 2 is 1.80 bits per heavy atom. The Morgan fingerprint density at radius 3 is 2.56 bits per heavy atom. The normalized spacial score (nSPS) is 10.4. The van der Waals surface area contributed by atoms with E-state index in [0.717, 1.165) is 52.5 Å². The molecule has 0 aliphatic carbocycles. The highest BCUT2D eigenvalue weighted by atomic mass is 35.5. The van der Waals surface area contributed by atoms with Gasteiger partial charge in [0.25, 0.3) is 0 Å². The van der Waals surface area contributed by atoms with Crippen molar-refractivity contribution in [1.29, 1.82) is 0 Å². The van der Waals surface area contributed by atoms with Crippen molar-refractivity contribution < 1.29 is 4.42 Å². The summed E-state index contributed by atoms with van der Waals surface area (Å²) < 4.78 is 5.85. The van der Waals surface area contributed by atoms with Gasteiger partial charge in [-0.2, -0.15) is 0 Å². The molecule has 0 bridgehead atoms. The minimum atomic E-state index is 0. The molecule has 3 aromatic rings. The first-order valence-electron chi connectivity index (χ1n) is 7.76. The van der Waals surface area contributed by atoms with Crippen LogP contribution in [-0.4, -0.2) is 22.3 Å². The zero-order valence-electron chi connectivity index (χ0n) is 13.5. The summed E-state index contributed by atoms with van der Waals surface area (Å²) >= 11 is 7.58. The summed E-state index contributed by atoms with van der Waals surface area (Å²) in [7, 11) is 0. The molecule has 4 nitrogen and oxygen atoms in total. The van der Waals surface area contributed by atoms with Gasteiger partial charge >= 0.3 is 0 Å². The van der Waals surface area contributed by atoms with Crippen LogP contribution in [0.25, 0.3) is 11.3 Å². The standard InChI is InChI=1S/C18H18ClN3OS.ClH/c19-15-5-3-14(4-6-15)17-8-7-16(23-17)13-20-9-2-12-24-18-21-10-1-11-22-18;/h1,3-8,10-11,20H,2,9,12-13H2;1H. The average molecular weight is 396 g/mol. The van der Waals surface area contributed by atoms with Gasteiger partial charge in [-0.25, -0.2) is 9.97 Å².